The maximum atomic E-state index is 11.4. The minimum atomic E-state index is -4.02. The molecule has 0 amide bonds. The molecule has 0 bridgehead atoms. The van der Waals surface area contributed by atoms with Crippen LogP contribution in [0.15, 0.2) is 58.5 Å². The second-order valence-electron chi connectivity index (χ2n) is 6.41. The van der Waals surface area contributed by atoms with Crippen molar-refractivity contribution in [2.75, 3.05) is 5.32 Å². The number of anilines is 1. The van der Waals surface area contributed by atoms with E-state index in [1.54, 1.807) is 23.1 Å². The molecule has 3 aromatic rings. The first kappa shape index (κ1) is 18.5. The van der Waals surface area contributed by atoms with Crippen molar-refractivity contribution < 1.29 is 17.5 Å². The molecular weight excluding hydrogens is 400 g/mol. The Hall–Kier alpha value is -1.87. The Balaban J connectivity index is 1.68. The Kier molecular flexibility index (Phi) is 4.98. The molecule has 8 heteroatoms. The maximum Gasteiger partial charge on any atom is 0.267 e. The standard InChI is InChI=1S/C19H18N2O3S3/c1-13(27(22,23)24)10-11-21-15-7-3-5-9-17(15)26-19(21)12-18-20-14-6-2-4-8-16(14)25-18/h2-9,12-13H,10-11H2,1H3,(H,22,23,24)/p+1. The van der Waals surface area contributed by atoms with Gasteiger partial charge in [-0.2, -0.15) is 13.0 Å². The third-order valence-electron chi connectivity index (χ3n) is 4.52. The van der Waals surface area contributed by atoms with Crippen LogP contribution in [0.4, 0.5) is 5.69 Å². The van der Waals surface area contributed by atoms with Crippen molar-refractivity contribution in [1.82, 2.24) is 0 Å². The minimum Gasteiger partial charge on any atom is -0.349 e. The van der Waals surface area contributed by atoms with Gasteiger partial charge in [-0.25, -0.2) is 0 Å². The monoisotopic (exact) mass is 419 g/mol. The second kappa shape index (κ2) is 7.27. The number of hydrogen-bond acceptors (Lipinski definition) is 5. The lowest BCUT2D eigenvalue weighted by molar-refractivity contribution is -0.669. The molecule has 27 heavy (non-hydrogen) atoms. The SMILES string of the molecule is CC(CC[n+]1c(C=C2Nc3ccccc3S2)sc2ccccc21)S(=O)(=O)O. The summed E-state index contributed by atoms with van der Waals surface area (Å²) in [6, 6.07) is 16.2. The fourth-order valence-electron chi connectivity index (χ4n) is 2.96. The fourth-order valence-corrected chi connectivity index (χ4v) is 5.52. The molecule has 1 aliphatic rings. The van der Waals surface area contributed by atoms with Gasteiger partial charge in [0.2, 0.25) is 5.52 Å². The van der Waals surface area contributed by atoms with Crippen molar-refractivity contribution >= 4 is 55.2 Å². The lowest BCUT2D eigenvalue weighted by Gasteiger charge is -2.05. The summed E-state index contributed by atoms with van der Waals surface area (Å²) in [6.45, 7) is 2.05. The van der Waals surface area contributed by atoms with Crippen LogP contribution in [0.2, 0.25) is 0 Å². The van der Waals surface area contributed by atoms with Crippen LogP contribution in [0.1, 0.15) is 18.4 Å². The zero-order chi connectivity index (χ0) is 19.0. The Bertz CT molecular complexity index is 1110. The largest absolute Gasteiger partial charge is 0.349 e. The normalized spacial score (nSPS) is 16.4. The van der Waals surface area contributed by atoms with Crippen LogP contribution in [-0.4, -0.2) is 18.2 Å². The first-order chi connectivity index (χ1) is 12.9. The number of nitrogens with zero attached hydrogens (tertiary/aromatic N) is 1. The van der Waals surface area contributed by atoms with E-state index in [1.165, 1.54) is 11.8 Å². The molecule has 2 N–H and O–H groups in total. The van der Waals surface area contributed by atoms with Crippen LogP contribution < -0.4 is 9.88 Å². The highest BCUT2D eigenvalue weighted by Crippen LogP contribution is 2.41. The molecule has 140 valence electrons. The number of rotatable bonds is 5. The molecule has 0 saturated heterocycles. The molecule has 5 nitrogen and oxygen atoms in total. The van der Waals surface area contributed by atoms with E-state index in [2.05, 4.69) is 34.2 Å². The van der Waals surface area contributed by atoms with Crippen molar-refractivity contribution in [2.24, 2.45) is 0 Å². The van der Waals surface area contributed by atoms with Gasteiger partial charge >= 0.3 is 0 Å². The molecule has 0 radical (unpaired) electrons. The van der Waals surface area contributed by atoms with Crippen molar-refractivity contribution in [2.45, 2.75) is 30.0 Å². The van der Waals surface area contributed by atoms with Gasteiger partial charge in [-0.05, 0) is 25.1 Å². The highest BCUT2D eigenvalue weighted by molar-refractivity contribution is 8.03. The second-order valence-corrected chi connectivity index (χ2v) is 10.4. The summed E-state index contributed by atoms with van der Waals surface area (Å²) in [4.78, 5) is 1.19. The van der Waals surface area contributed by atoms with Gasteiger partial charge in [0.25, 0.3) is 15.1 Å². The zero-order valence-corrected chi connectivity index (χ0v) is 17.1. The highest BCUT2D eigenvalue weighted by Gasteiger charge is 2.25. The third-order valence-corrected chi connectivity index (χ3v) is 7.90. The molecule has 0 saturated carbocycles. The third kappa shape index (κ3) is 3.89. The number of thioether (sulfide) groups is 1. The molecule has 2 heterocycles. The first-order valence-electron chi connectivity index (χ1n) is 8.55. The molecule has 1 atom stereocenters. The minimum absolute atomic E-state index is 0.348. The van der Waals surface area contributed by atoms with E-state index in [4.69, 9.17) is 0 Å². The van der Waals surface area contributed by atoms with E-state index in [-0.39, 0.29) is 0 Å². The number of aryl methyl sites for hydroxylation is 1. The predicted octanol–water partition coefficient (Wildman–Crippen LogP) is 4.37. The first-order valence-corrected chi connectivity index (χ1v) is 11.7. The summed E-state index contributed by atoms with van der Waals surface area (Å²) in [5.41, 5.74) is 2.17. The predicted molar refractivity (Wildman–Crippen MR) is 112 cm³/mol. The molecular formula is C19H19N2O3S3+. The summed E-state index contributed by atoms with van der Waals surface area (Å²) in [7, 11) is -4.02. The highest BCUT2D eigenvalue weighted by atomic mass is 32.2. The average Bonchev–Trinajstić information content (AvgIpc) is 3.19. The molecule has 0 spiro atoms. The van der Waals surface area contributed by atoms with E-state index < -0.39 is 15.4 Å². The number of benzene rings is 2. The van der Waals surface area contributed by atoms with Crippen LogP contribution in [0.25, 0.3) is 16.3 Å². The van der Waals surface area contributed by atoms with Crippen LogP contribution in [-0.2, 0) is 16.7 Å². The topological polar surface area (TPSA) is 70.3 Å². The molecule has 0 aliphatic carbocycles. The van der Waals surface area contributed by atoms with Gasteiger partial charge in [0, 0.05) is 17.4 Å². The number of hydrogen-bond donors (Lipinski definition) is 2. The lowest BCUT2D eigenvalue weighted by Crippen LogP contribution is -2.37. The maximum absolute atomic E-state index is 11.4. The van der Waals surface area contributed by atoms with Gasteiger partial charge in [0.05, 0.1) is 22.0 Å². The van der Waals surface area contributed by atoms with Crippen molar-refractivity contribution in [3.05, 3.63) is 58.6 Å². The smallest absolute Gasteiger partial charge is 0.267 e. The molecule has 0 fully saturated rings. The van der Waals surface area contributed by atoms with E-state index >= 15 is 0 Å². The van der Waals surface area contributed by atoms with Crippen molar-refractivity contribution in [3.63, 3.8) is 0 Å². The Morgan fingerprint density at radius 2 is 1.93 bits per heavy atom. The molecule has 2 aromatic carbocycles. The summed E-state index contributed by atoms with van der Waals surface area (Å²) >= 11 is 3.36. The fraction of sp³-hybridized carbons (Fsp3) is 0.211. The summed E-state index contributed by atoms with van der Waals surface area (Å²) < 4.78 is 35.3. The van der Waals surface area contributed by atoms with Gasteiger partial charge in [0.15, 0.2) is 6.54 Å². The van der Waals surface area contributed by atoms with Gasteiger partial charge in [-0.1, -0.05) is 47.4 Å². The van der Waals surface area contributed by atoms with E-state index in [1.807, 2.05) is 30.3 Å². The number of thiazole rings is 1. The molecule has 1 unspecified atom stereocenters. The van der Waals surface area contributed by atoms with Gasteiger partial charge in [-0.15, -0.1) is 0 Å². The number of aromatic nitrogens is 1. The number of nitrogens with one attached hydrogen (secondary N) is 1. The van der Waals surface area contributed by atoms with Crippen LogP contribution >= 0.6 is 23.1 Å². The quantitative estimate of drug-likeness (QED) is 0.475. The van der Waals surface area contributed by atoms with Crippen LogP contribution in [0.3, 0.4) is 0 Å². The lowest BCUT2D eigenvalue weighted by atomic mass is 10.3. The Labute approximate surface area is 166 Å². The molecule has 1 aromatic heterocycles. The van der Waals surface area contributed by atoms with E-state index in [0.717, 1.165) is 25.9 Å². The van der Waals surface area contributed by atoms with Gasteiger partial charge in [-0.3, -0.25) is 4.55 Å². The van der Waals surface area contributed by atoms with Crippen molar-refractivity contribution in [1.29, 1.82) is 0 Å². The molecule has 1 aliphatic heterocycles. The summed E-state index contributed by atoms with van der Waals surface area (Å²) in [5.74, 6) is 0. The Morgan fingerprint density at radius 3 is 2.70 bits per heavy atom. The van der Waals surface area contributed by atoms with Crippen molar-refractivity contribution in [3.8, 4) is 0 Å². The zero-order valence-electron chi connectivity index (χ0n) is 14.6. The van der Waals surface area contributed by atoms with Crippen LogP contribution in [0, 0.1) is 0 Å². The summed E-state index contributed by atoms with van der Waals surface area (Å²) in [6.07, 6.45) is 2.45. The average molecular weight is 420 g/mol. The summed E-state index contributed by atoms with van der Waals surface area (Å²) in [5, 5.41) is 4.71. The van der Waals surface area contributed by atoms with Gasteiger partial charge in [0.1, 0.15) is 4.70 Å². The number of para-hydroxylation sites is 2. The van der Waals surface area contributed by atoms with E-state index in [9.17, 15) is 13.0 Å². The number of fused-ring (bicyclic) bond motifs is 2. The molecule has 4 rings (SSSR count). The van der Waals surface area contributed by atoms with E-state index in [0.29, 0.717) is 13.0 Å². The van der Waals surface area contributed by atoms with Crippen LogP contribution in [0.5, 0.6) is 0 Å². The Morgan fingerprint density at radius 1 is 1.19 bits per heavy atom. The van der Waals surface area contributed by atoms with Gasteiger partial charge < -0.3 is 5.32 Å².